The zero-order chi connectivity index (χ0) is 18.0. The Hall–Kier alpha value is -2.40. The molecule has 0 aliphatic rings. The van der Waals surface area contributed by atoms with Crippen LogP contribution in [0, 0.1) is 0 Å². The van der Waals surface area contributed by atoms with Gasteiger partial charge in [0.2, 0.25) is 0 Å². The quantitative estimate of drug-likeness (QED) is 0.737. The smallest absolute Gasteiger partial charge is 0.273 e. The van der Waals surface area contributed by atoms with Crippen LogP contribution in [0.1, 0.15) is 60.8 Å². The Morgan fingerprint density at radius 2 is 1.92 bits per heavy atom. The van der Waals surface area contributed by atoms with Gasteiger partial charge in [-0.05, 0) is 29.5 Å². The summed E-state index contributed by atoms with van der Waals surface area (Å²) in [6.45, 7) is 6.36. The maximum atomic E-state index is 12.7. The lowest BCUT2D eigenvalue weighted by atomic mass is 9.98. The van der Waals surface area contributed by atoms with Crippen molar-refractivity contribution in [1.82, 2.24) is 19.9 Å². The molecule has 2 heterocycles. The van der Waals surface area contributed by atoms with Crippen LogP contribution in [0.25, 0.3) is 5.65 Å². The molecule has 0 spiro atoms. The minimum Gasteiger partial charge on any atom is -0.344 e. The second kappa shape index (κ2) is 7.23. The van der Waals surface area contributed by atoms with E-state index in [9.17, 15) is 4.79 Å². The Bertz CT molecular complexity index is 886. The first kappa shape index (κ1) is 17.4. The zero-order valence-electron chi connectivity index (χ0n) is 14.5. The van der Waals surface area contributed by atoms with Crippen molar-refractivity contribution in [3.63, 3.8) is 0 Å². The third kappa shape index (κ3) is 3.51. The third-order valence-electron chi connectivity index (χ3n) is 4.27. The summed E-state index contributed by atoms with van der Waals surface area (Å²) in [6.07, 6.45) is 4.11. The first-order valence-electron chi connectivity index (χ1n) is 8.40. The van der Waals surface area contributed by atoms with Crippen molar-refractivity contribution >= 4 is 23.2 Å². The molecular weight excluding hydrogens is 336 g/mol. The number of hydrogen-bond donors (Lipinski definition) is 1. The highest BCUT2D eigenvalue weighted by Crippen LogP contribution is 2.23. The Morgan fingerprint density at radius 3 is 2.52 bits per heavy atom. The van der Waals surface area contributed by atoms with E-state index in [2.05, 4.69) is 53.5 Å². The van der Waals surface area contributed by atoms with Gasteiger partial charge in [-0.2, -0.15) is 5.10 Å². The van der Waals surface area contributed by atoms with Crippen molar-refractivity contribution in [2.75, 3.05) is 0 Å². The van der Waals surface area contributed by atoms with Crippen LogP contribution in [0.2, 0.25) is 5.02 Å². The van der Waals surface area contributed by atoms with Gasteiger partial charge in [0.15, 0.2) is 11.3 Å². The van der Waals surface area contributed by atoms with E-state index in [4.69, 9.17) is 11.6 Å². The predicted molar refractivity (Wildman–Crippen MR) is 99.0 cm³/mol. The van der Waals surface area contributed by atoms with Crippen molar-refractivity contribution in [2.24, 2.45) is 0 Å². The summed E-state index contributed by atoms with van der Waals surface area (Å²) in [5, 5.41) is 7.53. The normalized spacial score (nSPS) is 12.5. The molecule has 5 nitrogen and oxygen atoms in total. The SMILES string of the molecule is CCC(NC(=O)c1nn2cccnc2c1Cl)c1ccc(C(C)C)cc1. The van der Waals surface area contributed by atoms with Gasteiger partial charge in [0.25, 0.3) is 5.91 Å². The molecule has 0 saturated carbocycles. The largest absolute Gasteiger partial charge is 0.344 e. The van der Waals surface area contributed by atoms with Crippen LogP contribution in [-0.2, 0) is 0 Å². The molecule has 0 aliphatic carbocycles. The van der Waals surface area contributed by atoms with Crippen molar-refractivity contribution in [3.05, 3.63) is 64.6 Å². The summed E-state index contributed by atoms with van der Waals surface area (Å²) in [4.78, 5) is 16.8. The first-order valence-corrected chi connectivity index (χ1v) is 8.78. The fourth-order valence-electron chi connectivity index (χ4n) is 2.76. The van der Waals surface area contributed by atoms with Crippen LogP contribution >= 0.6 is 11.6 Å². The van der Waals surface area contributed by atoms with Gasteiger partial charge < -0.3 is 5.32 Å². The minimum absolute atomic E-state index is 0.0949. The second-order valence-electron chi connectivity index (χ2n) is 6.31. The van der Waals surface area contributed by atoms with E-state index in [1.54, 1.807) is 18.5 Å². The molecule has 1 amide bonds. The molecule has 1 atom stereocenters. The molecular formula is C19H21ClN4O. The number of fused-ring (bicyclic) bond motifs is 1. The maximum absolute atomic E-state index is 12.7. The van der Waals surface area contributed by atoms with Gasteiger partial charge in [0.05, 0.1) is 6.04 Å². The van der Waals surface area contributed by atoms with Crippen LogP contribution < -0.4 is 5.32 Å². The van der Waals surface area contributed by atoms with Crippen molar-refractivity contribution in [1.29, 1.82) is 0 Å². The molecule has 1 aromatic carbocycles. The highest BCUT2D eigenvalue weighted by atomic mass is 35.5. The number of carbonyl (C=O) groups excluding carboxylic acids is 1. The van der Waals surface area contributed by atoms with Gasteiger partial charge in [-0.25, -0.2) is 9.50 Å². The van der Waals surface area contributed by atoms with Crippen LogP contribution in [0.3, 0.4) is 0 Å². The fraction of sp³-hybridized carbons (Fsp3) is 0.316. The Morgan fingerprint density at radius 1 is 1.24 bits per heavy atom. The van der Waals surface area contributed by atoms with Gasteiger partial charge in [-0.15, -0.1) is 0 Å². The summed E-state index contributed by atoms with van der Waals surface area (Å²) < 4.78 is 1.51. The van der Waals surface area contributed by atoms with E-state index in [1.807, 2.05) is 6.92 Å². The Labute approximate surface area is 152 Å². The maximum Gasteiger partial charge on any atom is 0.273 e. The van der Waals surface area contributed by atoms with Gasteiger partial charge in [-0.3, -0.25) is 4.79 Å². The number of rotatable bonds is 5. The number of aromatic nitrogens is 3. The Balaban J connectivity index is 1.83. The second-order valence-corrected chi connectivity index (χ2v) is 6.68. The summed E-state index contributed by atoms with van der Waals surface area (Å²) in [5.74, 6) is 0.184. The van der Waals surface area contributed by atoms with Crippen LogP contribution in [0.15, 0.2) is 42.7 Å². The van der Waals surface area contributed by atoms with Crippen LogP contribution in [0.4, 0.5) is 0 Å². The average molecular weight is 357 g/mol. The highest BCUT2D eigenvalue weighted by Gasteiger charge is 2.21. The van der Waals surface area contributed by atoms with E-state index < -0.39 is 0 Å². The molecule has 130 valence electrons. The van der Waals surface area contributed by atoms with E-state index in [0.717, 1.165) is 12.0 Å². The molecule has 3 rings (SSSR count). The number of amides is 1. The summed E-state index contributed by atoms with van der Waals surface area (Å²) in [7, 11) is 0. The summed E-state index contributed by atoms with van der Waals surface area (Å²) in [6, 6.07) is 9.99. The average Bonchev–Trinajstić information content (AvgIpc) is 2.97. The number of hydrogen-bond acceptors (Lipinski definition) is 3. The molecule has 0 fully saturated rings. The first-order chi connectivity index (χ1) is 12.0. The predicted octanol–water partition coefficient (Wildman–Crippen LogP) is 4.39. The van der Waals surface area contributed by atoms with E-state index in [-0.39, 0.29) is 22.7 Å². The van der Waals surface area contributed by atoms with E-state index >= 15 is 0 Å². The van der Waals surface area contributed by atoms with E-state index in [0.29, 0.717) is 11.6 Å². The molecule has 3 aromatic rings. The van der Waals surface area contributed by atoms with Crippen molar-refractivity contribution in [2.45, 2.75) is 39.2 Å². The number of nitrogens with zero attached hydrogens (tertiary/aromatic N) is 3. The lowest BCUT2D eigenvalue weighted by Gasteiger charge is -2.18. The fourth-order valence-corrected chi connectivity index (χ4v) is 3.02. The topological polar surface area (TPSA) is 59.3 Å². The number of benzene rings is 1. The van der Waals surface area contributed by atoms with Gasteiger partial charge >= 0.3 is 0 Å². The van der Waals surface area contributed by atoms with Crippen LogP contribution in [0.5, 0.6) is 0 Å². The number of nitrogens with one attached hydrogen (secondary N) is 1. The monoisotopic (exact) mass is 356 g/mol. The molecule has 0 saturated heterocycles. The highest BCUT2D eigenvalue weighted by molar-refractivity contribution is 6.36. The standard InChI is InChI=1S/C19H21ClN4O/c1-4-15(14-8-6-13(7-9-14)12(2)3)22-19(25)17-16(20)18-21-10-5-11-24(18)23-17/h5-12,15H,4H2,1-3H3,(H,22,25). The molecule has 1 unspecified atom stereocenters. The summed E-state index contributed by atoms with van der Waals surface area (Å²) in [5.41, 5.74) is 3.01. The summed E-state index contributed by atoms with van der Waals surface area (Å²) >= 11 is 6.27. The third-order valence-corrected chi connectivity index (χ3v) is 4.62. The van der Waals surface area contributed by atoms with Crippen LogP contribution in [-0.4, -0.2) is 20.5 Å². The van der Waals surface area contributed by atoms with Gasteiger partial charge in [0, 0.05) is 12.4 Å². The zero-order valence-corrected chi connectivity index (χ0v) is 15.3. The van der Waals surface area contributed by atoms with Crippen molar-refractivity contribution < 1.29 is 4.79 Å². The molecule has 25 heavy (non-hydrogen) atoms. The molecule has 0 bridgehead atoms. The lowest BCUT2D eigenvalue weighted by molar-refractivity contribution is 0.0930. The van der Waals surface area contributed by atoms with Crippen molar-refractivity contribution in [3.8, 4) is 0 Å². The molecule has 0 radical (unpaired) electrons. The van der Waals surface area contributed by atoms with E-state index in [1.165, 1.54) is 10.1 Å². The lowest BCUT2D eigenvalue weighted by Crippen LogP contribution is -2.28. The molecule has 2 aromatic heterocycles. The molecule has 1 N–H and O–H groups in total. The Kier molecular flexibility index (Phi) is 5.04. The number of carbonyl (C=O) groups is 1. The molecule has 6 heteroatoms. The minimum atomic E-state index is -0.296. The number of halogens is 1. The molecule has 0 aliphatic heterocycles. The van der Waals surface area contributed by atoms with Gasteiger partial charge in [0.1, 0.15) is 5.02 Å². The van der Waals surface area contributed by atoms with Gasteiger partial charge in [-0.1, -0.05) is 56.6 Å².